The van der Waals surface area contributed by atoms with Crippen molar-refractivity contribution in [2.45, 2.75) is 6.42 Å². The molecule has 0 bridgehead atoms. The molecule has 0 amide bonds. The van der Waals surface area contributed by atoms with Crippen LogP contribution in [0.2, 0.25) is 0 Å². The van der Waals surface area contributed by atoms with Crippen LogP contribution in [0.15, 0.2) is 47.5 Å². The number of benzene rings is 1. The van der Waals surface area contributed by atoms with E-state index in [-0.39, 0.29) is 5.56 Å². The smallest absolute Gasteiger partial charge is 0.251 e. The van der Waals surface area contributed by atoms with Crippen molar-refractivity contribution in [1.29, 1.82) is 5.26 Å². The monoisotopic (exact) mass is 301 g/mol. The minimum absolute atomic E-state index is 0.114. The Hall–Kier alpha value is -3.46. The molecule has 23 heavy (non-hydrogen) atoms. The summed E-state index contributed by atoms with van der Waals surface area (Å²) in [6.07, 6.45) is 3.85. The lowest BCUT2D eigenvalue weighted by atomic mass is 10.0. The van der Waals surface area contributed by atoms with Crippen molar-refractivity contribution in [3.63, 3.8) is 0 Å². The van der Waals surface area contributed by atoms with Gasteiger partial charge in [0.15, 0.2) is 5.69 Å². The summed E-state index contributed by atoms with van der Waals surface area (Å²) >= 11 is 0. The third-order valence-electron chi connectivity index (χ3n) is 3.85. The first-order valence-corrected chi connectivity index (χ1v) is 7.07. The summed E-state index contributed by atoms with van der Waals surface area (Å²) in [5.41, 5.74) is 3.43. The minimum atomic E-state index is -0.114. The average Bonchev–Trinajstić information content (AvgIpc) is 2.98. The first kappa shape index (κ1) is 13.2. The number of fused-ring (bicyclic) bond motifs is 2. The minimum Gasteiger partial charge on any atom is -0.322 e. The molecule has 2 N–H and O–H groups in total. The molecular formula is C17H11N5O. The number of nitrogens with one attached hydrogen (secondary N) is 2. The molecular weight excluding hydrogens is 290 g/mol. The van der Waals surface area contributed by atoms with E-state index in [2.05, 4.69) is 26.2 Å². The second-order valence-corrected chi connectivity index (χ2v) is 5.33. The van der Waals surface area contributed by atoms with Crippen molar-refractivity contribution < 1.29 is 0 Å². The fraction of sp³-hybridized carbons (Fsp3) is 0.0588. The molecule has 1 aromatic carbocycles. The predicted molar refractivity (Wildman–Crippen MR) is 86.0 cm³/mol. The van der Waals surface area contributed by atoms with Crippen molar-refractivity contribution in [2.75, 3.05) is 0 Å². The van der Waals surface area contributed by atoms with Gasteiger partial charge in [-0.15, -0.1) is 0 Å². The van der Waals surface area contributed by atoms with E-state index in [9.17, 15) is 4.79 Å². The van der Waals surface area contributed by atoms with E-state index >= 15 is 0 Å². The van der Waals surface area contributed by atoms with Gasteiger partial charge >= 0.3 is 0 Å². The van der Waals surface area contributed by atoms with E-state index < -0.39 is 0 Å². The molecule has 0 spiro atoms. The van der Waals surface area contributed by atoms with Gasteiger partial charge in [0.1, 0.15) is 6.07 Å². The van der Waals surface area contributed by atoms with Crippen LogP contribution in [0.1, 0.15) is 16.8 Å². The molecule has 0 saturated carbocycles. The molecule has 0 aliphatic carbocycles. The van der Waals surface area contributed by atoms with Crippen molar-refractivity contribution in [1.82, 2.24) is 20.2 Å². The summed E-state index contributed by atoms with van der Waals surface area (Å²) in [5.74, 6) is 0. The largest absolute Gasteiger partial charge is 0.322 e. The van der Waals surface area contributed by atoms with Gasteiger partial charge in [0.2, 0.25) is 0 Å². The number of H-pyrrole nitrogens is 2. The van der Waals surface area contributed by atoms with E-state index in [4.69, 9.17) is 5.26 Å². The lowest BCUT2D eigenvalue weighted by molar-refractivity contribution is 1.10. The topological polar surface area (TPSA) is 98.2 Å². The van der Waals surface area contributed by atoms with Gasteiger partial charge in [-0.25, -0.2) is 0 Å². The standard InChI is InChI=1S/C17H11N5O/c18-8-16-13-6-10(1-2-15(13)21-22-16)5-11-7-12-9-19-4-3-14(12)20-17(11)23/h1-4,6-7,9H,5H2,(H,20,23)(H,21,22). The molecule has 0 saturated heterocycles. The number of aromatic amines is 2. The number of nitrogens with zero attached hydrogens (tertiary/aromatic N) is 3. The molecule has 0 atom stereocenters. The fourth-order valence-electron chi connectivity index (χ4n) is 2.70. The van der Waals surface area contributed by atoms with Gasteiger partial charge in [-0.2, -0.15) is 10.4 Å². The van der Waals surface area contributed by atoms with Crippen molar-refractivity contribution in [3.8, 4) is 6.07 Å². The Bertz CT molecular complexity index is 1130. The molecule has 6 heteroatoms. The highest BCUT2D eigenvalue weighted by Crippen LogP contribution is 2.19. The van der Waals surface area contributed by atoms with E-state index in [1.165, 1.54) is 0 Å². The van der Waals surface area contributed by atoms with Gasteiger partial charge in [0.25, 0.3) is 5.56 Å². The summed E-state index contributed by atoms with van der Waals surface area (Å²) in [6, 6.07) is 11.4. The summed E-state index contributed by atoms with van der Waals surface area (Å²) in [6.45, 7) is 0. The molecule has 0 fully saturated rings. The molecule has 4 rings (SSSR count). The molecule has 0 aliphatic heterocycles. The highest BCUT2D eigenvalue weighted by atomic mass is 16.1. The Labute approximate surface area is 130 Å². The molecule has 0 aliphatic rings. The zero-order valence-corrected chi connectivity index (χ0v) is 12.0. The summed E-state index contributed by atoms with van der Waals surface area (Å²) < 4.78 is 0. The Kier molecular flexibility index (Phi) is 2.91. The van der Waals surface area contributed by atoms with Gasteiger partial charge in [-0.05, 0) is 29.8 Å². The molecule has 110 valence electrons. The maximum atomic E-state index is 12.2. The SMILES string of the molecule is N#Cc1n[nH]c2ccc(Cc3cc4cnccc4[nH]c3=O)cc12. The van der Waals surface area contributed by atoms with Crippen LogP contribution in [0.25, 0.3) is 21.8 Å². The van der Waals surface area contributed by atoms with Crippen molar-refractivity contribution >= 4 is 21.8 Å². The van der Waals surface area contributed by atoms with Gasteiger partial charge < -0.3 is 4.98 Å². The Balaban J connectivity index is 1.80. The second kappa shape index (κ2) is 5.07. The van der Waals surface area contributed by atoms with Gasteiger partial charge in [-0.1, -0.05) is 6.07 Å². The van der Waals surface area contributed by atoms with Crippen molar-refractivity contribution in [2.24, 2.45) is 0 Å². The normalized spacial score (nSPS) is 10.9. The number of rotatable bonds is 2. The van der Waals surface area contributed by atoms with Crippen LogP contribution in [-0.4, -0.2) is 20.2 Å². The molecule has 0 unspecified atom stereocenters. The number of hydrogen-bond acceptors (Lipinski definition) is 4. The van der Waals surface area contributed by atoms with Gasteiger partial charge in [0.05, 0.1) is 11.0 Å². The molecule has 4 aromatic rings. The molecule has 3 aromatic heterocycles. The quantitative estimate of drug-likeness (QED) is 0.593. The second-order valence-electron chi connectivity index (χ2n) is 5.33. The van der Waals surface area contributed by atoms with Gasteiger partial charge in [0, 0.05) is 35.2 Å². The van der Waals surface area contributed by atoms with Crippen LogP contribution < -0.4 is 5.56 Å². The van der Waals surface area contributed by atoms with E-state index in [1.54, 1.807) is 18.5 Å². The summed E-state index contributed by atoms with van der Waals surface area (Å²) in [5, 5.41) is 17.5. The van der Waals surface area contributed by atoms with Crippen LogP contribution in [-0.2, 0) is 6.42 Å². The van der Waals surface area contributed by atoms with Crippen LogP contribution in [0, 0.1) is 11.3 Å². The third kappa shape index (κ3) is 2.24. The van der Waals surface area contributed by atoms with Crippen LogP contribution >= 0.6 is 0 Å². The average molecular weight is 301 g/mol. The van der Waals surface area contributed by atoms with E-state index in [0.29, 0.717) is 17.7 Å². The summed E-state index contributed by atoms with van der Waals surface area (Å²) in [4.78, 5) is 19.2. The fourth-order valence-corrected chi connectivity index (χ4v) is 2.70. The molecule has 6 nitrogen and oxygen atoms in total. The van der Waals surface area contributed by atoms with E-state index in [0.717, 1.165) is 27.4 Å². The van der Waals surface area contributed by atoms with Crippen LogP contribution in [0.5, 0.6) is 0 Å². The maximum absolute atomic E-state index is 12.2. The first-order valence-electron chi connectivity index (χ1n) is 7.07. The zero-order chi connectivity index (χ0) is 15.8. The van der Waals surface area contributed by atoms with Crippen LogP contribution in [0.4, 0.5) is 0 Å². The van der Waals surface area contributed by atoms with Gasteiger partial charge in [-0.3, -0.25) is 14.9 Å². The summed E-state index contributed by atoms with van der Waals surface area (Å²) in [7, 11) is 0. The molecule has 0 radical (unpaired) electrons. The lowest BCUT2D eigenvalue weighted by Crippen LogP contribution is -2.12. The van der Waals surface area contributed by atoms with Crippen LogP contribution in [0.3, 0.4) is 0 Å². The maximum Gasteiger partial charge on any atom is 0.251 e. The van der Waals surface area contributed by atoms with Crippen molar-refractivity contribution in [3.05, 3.63) is 69.9 Å². The third-order valence-corrected chi connectivity index (χ3v) is 3.85. The molecule has 3 heterocycles. The Morgan fingerprint density at radius 2 is 2.09 bits per heavy atom. The van der Waals surface area contributed by atoms with E-state index in [1.807, 2.05) is 24.3 Å². The predicted octanol–water partition coefficient (Wildman–Crippen LogP) is 2.26. The number of pyridine rings is 2. The zero-order valence-electron chi connectivity index (χ0n) is 12.0. The highest BCUT2D eigenvalue weighted by Gasteiger charge is 2.08. The first-order chi connectivity index (χ1) is 11.2. The Morgan fingerprint density at radius 1 is 1.17 bits per heavy atom. The Morgan fingerprint density at radius 3 is 2.96 bits per heavy atom. The highest BCUT2D eigenvalue weighted by molar-refractivity contribution is 5.84. The number of hydrogen-bond donors (Lipinski definition) is 2. The lowest BCUT2D eigenvalue weighted by Gasteiger charge is -2.04. The number of aromatic nitrogens is 4. The number of nitriles is 1.